The first-order chi connectivity index (χ1) is 14.1. The summed E-state index contributed by atoms with van der Waals surface area (Å²) in [5.74, 6) is 0.815. The third kappa shape index (κ3) is 4.30. The van der Waals surface area contributed by atoms with Gasteiger partial charge in [-0.05, 0) is 89.5 Å². The van der Waals surface area contributed by atoms with Crippen molar-refractivity contribution in [2.45, 2.75) is 20.5 Å². The van der Waals surface area contributed by atoms with Crippen LogP contribution in [0, 0.1) is 0 Å². The van der Waals surface area contributed by atoms with Crippen molar-refractivity contribution < 1.29 is 9.53 Å². The zero-order chi connectivity index (χ0) is 20.2. The molecule has 0 aliphatic rings. The molecule has 4 aromatic rings. The molecule has 4 aromatic carbocycles. The number of anilines is 1. The van der Waals surface area contributed by atoms with Crippen molar-refractivity contribution in [2.75, 3.05) is 5.32 Å². The van der Waals surface area contributed by atoms with Gasteiger partial charge in [-0.1, -0.05) is 36.4 Å². The third-order valence-electron chi connectivity index (χ3n) is 5.03. The van der Waals surface area contributed by atoms with Crippen molar-refractivity contribution in [1.82, 2.24) is 0 Å². The number of carbonyl (C=O) groups excluding carboxylic acids is 1. The second kappa shape index (κ2) is 8.19. The lowest BCUT2D eigenvalue weighted by molar-refractivity contribution is 0.102. The fourth-order valence-corrected chi connectivity index (χ4v) is 3.28. The molecule has 0 heterocycles. The zero-order valence-corrected chi connectivity index (χ0v) is 16.6. The van der Waals surface area contributed by atoms with Gasteiger partial charge < -0.3 is 10.1 Å². The molecule has 0 unspecified atom stereocenters. The molecule has 3 nitrogen and oxygen atoms in total. The van der Waals surface area contributed by atoms with Gasteiger partial charge in [-0.25, -0.2) is 0 Å². The number of hydrogen-bond donors (Lipinski definition) is 1. The van der Waals surface area contributed by atoms with Crippen LogP contribution in [0.25, 0.3) is 21.5 Å². The average molecular weight is 381 g/mol. The molecule has 0 radical (unpaired) electrons. The molecule has 3 heteroatoms. The van der Waals surface area contributed by atoms with Gasteiger partial charge in [-0.15, -0.1) is 0 Å². The van der Waals surface area contributed by atoms with Crippen molar-refractivity contribution >= 4 is 33.1 Å². The molecule has 0 atom stereocenters. The maximum absolute atomic E-state index is 12.6. The Morgan fingerprint density at radius 2 is 1.55 bits per heavy atom. The standard InChI is InChI=1S/C26H23NO2/c1-3-18(2)29-17-19-9-10-20-15-24-16-22(12-11-21(24)14-23(20)13-19)26(28)27-25-7-5-4-6-8-25/h3-16H,17H2,1-2H3,(H,27,28)/b18-3+. The van der Waals surface area contributed by atoms with Gasteiger partial charge in [0.1, 0.15) is 6.61 Å². The van der Waals surface area contributed by atoms with E-state index in [2.05, 4.69) is 35.6 Å². The molecular weight excluding hydrogens is 358 g/mol. The van der Waals surface area contributed by atoms with Gasteiger partial charge in [0.15, 0.2) is 0 Å². The Balaban J connectivity index is 1.61. The molecule has 0 spiro atoms. The van der Waals surface area contributed by atoms with Gasteiger partial charge in [-0.2, -0.15) is 0 Å². The SMILES string of the molecule is C/C=C(\C)OCc1ccc2cc3cc(C(=O)Nc4ccccc4)ccc3cc2c1. The molecule has 0 fully saturated rings. The van der Waals surface area contributed by atoms with E-state index in [0.29, 0.717) is 12.2 Å². The molecular formula is C26H23NO2. The highest BCUT2D eigenvalue weighted by Gasteiger charge is 2.08. The number of nitrogens with one attached hydrogen (secondary N) is 1. The number of amides is 1. The number of ether oxygens (including phenoxy) is 1. The fraction of sp³-hybridized carbons (Fsp3) is 0.115. The lowest BCUT2D eigenvalue weighted by Gasteiger charge is -2.09. The second-order valence-electron chi connectivity index (χ2n) is 7.10. The Labute approximate surface area is 170 Å². The van der Waals surface area contributed by atoms with Crippen LogP contribution in [-0.4, -0.2) is 5.91 Å². The number of rotatable bonds is 5. The number of carbonyl (C=O) groups is 1. The number of hydrogen-bond acceptors (Lipinski definition) is 2. The predicted molar refractivity (Wildman–Crippen MR) is 120 cm³/mol. The molecule has 0 bridgehead atoms. The predicted octanol–water partition coefficient (Wildman–Crippen LogP) is 6.69. The lowest BCUT2D eigenvalue weighted by Crippen LogP contribution is -2.11. The minimum absolute atomic E-state index is 0.106. The highest BCUT2D eigenvalue weighted by atomic mass is 16.5. The van der Waals surface area contributed by atoms with Crippen LogP contribution in [0.2, 0.25) is 0 Å². The van der Waals surface area contributed by atoms with Gasteiger partial charge in [0.05, 0.1) is 5.76 Å². The first kappa shape index (κ1) is 18.8. The Morgan fingerprint density at radius 1 is 0.862 bits per heavy atom. The monoisotopic (exact) mass is 381 g/mol. The summed E-state index contributed by atoms with van der Waals surface area (Å²) in [6.07, 6.45) is 1.96. The maximum Gasteiger partial charge on any atom is 0.255 e. The van der Waals surface area contributed by atoms with Crippen molar-refractivity contribution in [3.63, 3.8) is 0 Å². The molecule has 0 saturated carbocycles. The minimum atomic E-state index is -0.106. The van der Waals surface area contributed by atoms with E-state index in [4.69, 9.17) is 4.74 Å². The fourth-order valence-electron chi connectivity index (χ4n) is 3.28. The van der Waals surface area contributed by atoms with Crippen LogP contribution in [0.15, 0.2) is 90.7 Å². The Kier molecular flexibility index (Phi) is 5.30. The van der Waals surface area contributed by atoms with E-state index in [1.54, 1.807) is 0 Å². The quantitative estimate of drug-likeness (QED) is 0.309. The van der Waals surface area contributed by atoms with E-state index in [0.717, 1.165) is 33.2 Å². The van der Waals surface area contributed by atoms with E-state index >= 15 is 0 Å². The van der Waals surface area contributed by atoms with Crippen molar-refractivity contribution in [1.29, 1.82) is 0 Å². The maximum atomic E-state index is 12.6. The molecule has 0 aromatic heterocycles. The lowest BCUT2D eigenvalue weighted by atomic mass is 10.00. The molecule has 1 N–H and O–H groups in total. The van der Waals surface area contributed by atoms with Gasteiger partial charge in [0, 0.05) is 11.3 Å². The summed E-state index contributed by atoms with van der Waals surface area (Å²) in [5, 5.41) is 7.40. The number of fused-ring (bicyclic) bond motifs is 2. The Morgan fingerprint density at radius 3 is 2.28 bits per heavy atom. The highest BCUT2D eigenvalue weighted by Crippen LogP contribution is 2.25. The number of allylic oxidation sites excluding steroid dienone is 2. The van der Waals surface area contributed by atoms with Crippen LogP contribution in [0.4, 0.5) is 5.69 Å². The normalized spacial score (nSPS) is 11.6. The largest absolute Gasteiger partial charge is 0.494 e. The van der Waals surface area contributed by atoms with Crippen LogP contribution in [0.5, 0.6) is 0 Å². The summed E-state index contributed by atoms with van der Waals surface area (Å²) in [4.78, 5) is 12.6. The van der Waals surface area contributed by atoms with Crippen LogP contribution < -0.4 is 5.32 Å². The third-order valence-corrected chi connectivity index (χ3v) is 5.03. The molecule has 0 aliphatic carbocycles. The van der Waals surface area contributed by atoms with Crippen molar-refractivity contribution in [3.05, 3.63) is 102 Å². The molecule has 1 amide bonds. The number of benzene rings is 4. The van der Waals surface area contributed by atoms with Crippen LogP contribution in [-0.2, 0) is 11.3 Å². The van der Waals surface area contributed by atoms with Gasteiger partial charge in [0.25, 0.3) is 5.91 Å². The van der Waals surface area contributed by atoms with Gasteiger partial charge in [-0.3, -0.25) is 4.79 Å². The van der Waals surface area contributed by atoms with Crippen LogP contribution in [0.3, 0.4) is 0 Å². The minimum Gasteiger partial charge on any atom is -0.494 e. The second-order valence-corrected chi connectivity index (χ2v) is 7.10. The topological polar surface area (TPSA) is 38.3 Å². The van der Waals surface area contributed by atoms with E-state index in [1.807, 2.05) is 68.5 Å². The van der Waals surface area contributed by atoms with Crippen LogP contribution >= 0.6 is 0 Å². The molecule has 144 valence electrons. The summed E-state index contributed by atoms with van der Waals surface area (Å²) >= 11 is 0. The van der Waals surface area contributed by atoms with Crippen LogP contribution in [0.1, 0.15) is 29.8 Å². The Hall–Kier alpha value is -3.59. The zero-order valence-electron chi connectivity index (χ0n) is 16.6. The van der Waals surface area contributed by atoms with Crippen molar-refractivity contribution in [3.8, 4) is 0 Å². The van der Waals surface area contributed by atoms with Gasteiger partial charge >= 0.3 is 0 Å². The first-order valence-electron chi connectivity index (χ1n) is 9.71. The van der Waals surface area contributed by atoms with E-state index in [9.17, 15) is 4.79 Å². The molecule has 4 rings (SSSR count). The Bertz CT molecular complexity index is 1210. The smallest absolute Gasteiger partial charge is 0.255 e. The summed E-state index contributed by atoms with van der Waals surface area (Å²) in [5.41, 5.74) is 2.57. The molecule has 29 heavy (non-hydrogen) atoms. The molecule has 0 saturated heterocycles. The van der Waals surface area contributed by atoms with E-state index < -0.39 is 0 Å². The summed E-state index contributed by atoms with van der Waals surface area (Å²) < 4.78 is 5.72. The summed E-state index contributed by atoms with van der Waals surface area (Å²) in [6, 6.07) is 26.0. The van der Waals surface area contributed by atoms with E-state index in [-0.39, 0.29) is 5.91 Å². The van der Waals surface area contributed by atoms with E-state index in [1.165, 1.54) is 5.39 Å². The highest BCUT2D eigenvalue weighted by molar-refractivity contribution is 6.08. The number of para-hydroxylation sites is 1. The van der Waals surface area contributed by atoms with Crippen molar-refractivity contribution in [2.24, 2.45) is 0 Å². The summed E-state index contributed by atoms with van der Waals surface area (Å²) in [7, 11) is 0. The summed E-state index contributed by atoms with van der Waals surface area (Å²) in [6.45, 7) is 4.49. The molecule has 0 aliphatic heterocycles. The first-order valence-corrected chi connectivity index (χ1v) is 9.71. The average Bonchev–Trinajstić information content (AvgIpc) is 2.76. The van der Waals surface area contributed by atoms with Gasteiger partial charge in [0.2, 0.25) is 0 Å².